The molecule has 17 heavy (non-hydrogen) atoms. The van der Waals surface area contributed by atoms with Crippen LogP contribution in [0.4, 0.5) is 28.9 Å². The number of nitrogens with zero attached hydrogens (tertiary/aromatic N) is 1. The number of anilines is 1. The van der Waals surface area contributed by atoms with Gasteiger partial charge in [-0.2, -0.15) is 8.78 Å². The zero-order valence-electron chi connectivity index (χ0n) is 8.37. The van der Waals surface area contributed by atoms with Crippen LogP contribution in [0, 0.1) is 10.1 Å². The lowest BCUT2D eigenvalue weighted by molar-refractivity contribution is -0.384. The smallest absolute Gasteiger partial charge is 0.324 e. The Morgan fingerprint density at radius 2 is 2.06 bits per heavy atom. The highest BCUT2D eigenvalue weighted by atomic mass is 19.3. The van der Waals surface area contributed by atoms with Gasteiger partial charge in [0.25, 0.3) is 5.69 Å². The first kappa shape index (κ1) is 13.2. The molecule has 0 spiro atoms. The van der Waals surface area contributed by atoms with E-state index in [0.717, 1.165) is 12.1 Å². The monoisotopic (exact) mass is 252 g/mol. The molecule has 0 aromatic heterocycles. The van der Waals surface area contributed by atoms with E-state index in [0.29, 0.717) is 0 Å². The molecule has 1 aromatic carbocycles. The number of nitrogens with one attached hydrogen (secondary N) is 1. The highest BCUT2D eigenvalue weighted by Crippen LogP contribution is 2.24. The van der Waals surface area contributed by atoms with Crippen molar-refractivity contribution in [3.05, 3.63) is 34.4 Å². The maximum Gasteiger partial charge on any atom is 0.324 e. The average Bonchev–Trinajstić information content (AvgIpc) is 2.26. The molecular weight excluding hydrogens is 244 g/mol. The van der Waals surface area contributed by atoms with Gasteiger partial charge in [0.1, 0.15) is 0 Å². The second-order valence-corrected chi connectivity index (χ2v) is 3.22. The fraction of sp³-hybridized carbons (Fsp3) is 0.333. The van der Waals surface area contributed by atoms with Gasteiger partial charge in [-0.15, -0.1) is 0 Å². The third-order valence-electron chi connectivity index (χ3n) is 1.90. The van der Waals surface area contributed by atoms with Crippen molar-refractivity contribution < 1.29 is 22.5 Å². The first-order valence-corrected chi connectivity index (χ1v) is 4.47. The fourth-order valence-corrected chi connectivity index (χ4v) is 1.03. The molecule has 94 valence electrons. The van der Waals surface area contributed by atoms with Crippen LogP contribution in [0.15, 0.2) is 24.3 Å². The van der Waals surface area contributed by atoms with E-state index in [1.807, 2.05) is 5.32 Å². The SMILES string of the molecule is O=[N+]([O-])c1cccc(NCC(F)(F)C(F)F)c1. The van der Waals surface area contributed by atoms with Crippen LogP contribution in [0.1, 0.15) is 0 Å². The quantitative estimate of drug-likeness (QED) is 0.498. The van der Waals surface area contributed by atoms with Gasteiger partial charge in [0.15, 0.2) is 0 Å². The predicted molar refractivity (Wildman–Crippen MR) is 52.5 cm³/mol. The number of halogens is 4. The maximum atomic E-state index is 12.5. The minimum absolute atomic E-state index is 0.0143. The summed E-state index contributed by atoms with van der Waals surface area (Å²) in [6, 6.07) is 4.69. The van der Waals surface area contributed by atoms with Crippen LogP contribution in [-0.4, -0.2) is 23.8 Å². The van der Waals surface area contributed by atoms with Gasteiger partial charge in [-0.3, -0.25) is 10.1 Å². The molecule has 1 rings (SSSR count). The number of rotatable bonds is 5. The van der Waals surface area contributed by atoms with Crippen molar-refractivity contribution in [2.45, 2.75) is 12.3 Å². The third-order valence-corrected chi connectivity index (χ3v) is 1.90. The van der Waals surface area contributed by atoms with Crippen LogP contribution < -0.4 is 5.32 Å². The van der Waals surface area contributed by atoms with E-state index in [-0.39, 0.29) is 11.4 Å². The van der Waals surface area contributed by atoms with Crippen molar-refractivity contribution in [3.8, 4) is 0 Å². The summed E-state index contributed by atoms with van der Waals surface area (Å²) >= 11 is 0. The third kappa shape index (κ3) is 3.58. The lowest BCUT2D eigenvalue weighted by atomic mass is 10.2. The normalized spacial score (nSPS) is 11.6. The van der Waals surface area contributed by atoms with Crippen LogP contribution in [0.25, 0.3) is 0 Å². The van der Waals surface area contributed by atoms with Gasteiger partial charge in [-0.1, -0.05) is 6.07 Å². The fourth-order valence-electron chi connectivity index (χ4n) is 1.03. The minimum atomic E-state index is -4.18. The van der Waals surface area contributed by atoms with Gasteiger partial charge in [-0.25, -0.2) is 8.78 Å². The van der Waals surface area contributed by atoms with Crippen LogP contribution in [0.5, 0.6) is 0 Å². The molecule has 0 saturated heterocycles. The van der Waals surface area contributed by atoms with E-state index in [2.05, 4.69) is 0 Å². The van der Waals surface area contributed by atoms with E-state index in [4.69, 9.17) is 0 Å². The molecule has 0 atom stereocenters. The molecule has 8 heteroatoms. The van der Waals surface area contributed by atoms with Gasteiger partial charge in [-0.05, 0) is 6.07 Å². The molecule has 0 fully saturated rings. The summed E-state index contributed by atoms with van der Waals surface area (Å²) in [5.74, 6) is -4.18. The zero-order valence-corrected chi connectivity index (χ0v) is 8.37. The Kier molecular flexibility index (Phi) is 3.87. The van der Waals surface area contributed by atoms with Crippen molar-refractivity contribution in [2.24, 2.45) is 0 Å². The van der Waals surface area contributed by atoms with Gasteiger partial charge >= 0.3 is 12.3 Å². The molecule has 0 amide bonds. The Hall–Kier alpha value is -1.86. The summed E-state index contributed by atoms with van der Waals surface area (Å²) in [6.45, 7) is -1.29. The second-order valence-electron chi connectivity index (χ2n) is 3.22. The van der Waals surface area contributed by atoms with Crippen molar-refractivity contribution in [2.75, 3.05) is 11.9 Å². The number of nitro groups is 1. The molecule has 1 N–H and O–H groups in total. The highest BCUT2D eigenvalue weighted by Gasteiger charge is 2.40. The number of benzene rings is 1. The number of nitro benzene ring substituents is 1. The molecule has 0 aliphatic rings. The Morgan fingerprint density at radius 1 is 1.41 bits per heavy atom. The first-order valence-electron chi connectivity index (χ1n) is 4.47. The van der Waals surface area contributed by atoms with Gasteiger partial charge < -0.3 is 5.32 Å². The van der Waals surface area contributed by atoms with Crippen LogP contribution in [-0.2, 0) is 0 Å². The van der Waals surface area contributed by atoms with E-state index in [9.17, 15) is 27.7 Å². The second kappa shape index (κ2) is 4.98. The summed E-state index contributed by atoms with van der Waals surface area (Å²) < 4.78 is 48.7. The van der Waals surface area contributed by atoms with E-state index in [1.54, 1.807) is 0 Å². The Morgan fingerprint density at radius 3 is 2.59 bits per heavy atom. The summed E-state index contributed by atoms with van der Waals surface area (Å²) in [7, 11) is 0. The largest absolute Gasteiger partial charge is 0.379 e. The number of alkyl halides is 4. The van der Waals surface area contributed by atoms with E-state index in [1.165, 1.54) is 12.1 Å². The molecule has 0 radical (unpaired) electrons. The van der Waals surface area contributed by atoms with Crippen molar-refractivity contribution in [1.29, 1.82) is 0 Å². The Labute approximate surface area is 93.4 Å². The van der Waals surface area contributed by atoms with Crippen molar-refractivity contribution in [1.82, 2.24) is 0 Å². The van der Waals surface area contributed by atoms with E-state index >= 15 is 0 Å². The zero-order chi connectivity index (χ0) is 13.1. The number of hydrogen-bond acceptors (Lipinski definition) is 3. The van der Waals surface area contributed by atoms with Crippen molar-refractivity contribution >= 4 is 11.4 Å². The molecule has 0 heterocycles. The topological polar surface area (TPSA) is 55.2 Å². The van der Waals surface area contributed by atoms with Crippen LogP contribution >= 0.6 is 0 Å². The molecule has 0 aliphatic carbocycles. The Balaban J connectivity index is 2.70. The predicted octanol–water partition coefficient (Wildman–Crippen LogP) is 2.91. The molecule has 0 saturated carbocycles. The maximum absolute atomic E-state index is 12.5. The summed E-state index contributed by atoms with van der Waals surface area (Å²) in [5.41, 5.74) is -0.324. The lowest BCUT2D eigenvalue weighted by Crippen LogP contribution is -2.34. The molecular formula is C9H8F4N2O2. The minimum Gasteiger partial charge on any atom is -0.379 e. The molecule has 4 nitrogen and oxygen atoms in total. The van der Waals surface area contributed by atoms with Crippen LogP contribution in [0.3, 0.4) is 0 Å². The first-order chi connectivity index (χ1) is 7.83. The van der Waals surface area contributed by atoms with Gasteiger partial charge in [0, 0.05) is 17.8 Å². The van der Waals surface area contributed by atoms with Gasteiger partial charge in [0.2, 0.25) is 0 Å². The molecule has 0 unspecified atom stereocenters. The Bertz CT molecular complexity index is 412. The molecule has 0 aliphatic heterocycles. The lowest BCUT2D eigenvalue weighted by Gasteiger charge is -2.16. The molecule has 0 bridgehead atoms. The van der Waals surface area contributed by atoms with Crippen molar-refractivity contribution in [3.63, 3.8) is 0 Å². The number of hydrogen-bond donors (Lipinski definition) is 1. The highest BCUT2D eigenvalue weighted by molar-refractivity contribution is 5.51. The average molecular weight is 252 g/mol. The number of non-ortho nitro benzene ring substituents is 1. The summed E-state index contributed by atoms with van der Waals surface area (Å²) in [4.78, 5) is 9.66. The van der Waals surface area contributed by atoms with Crippen LogP contribution in [0.2, 0.25) is 0 Å². The standard InChI is InChI=1S/C9H8F4N2O2/c10-8(11)9(12,13)5-14-6-2-1-3-7(4-6)15(16)17/h1-4,8,14H,5H2. The summed E-state index contributed by atoms with van der Waals surface area (Å²) in [6.07, 6.45) is -3.78. The summed E-state index contributed by atoms with van der Waals surface area (Å²) in [5, 5.41) is 12.4. The van der Waals surface area contributed by atoms with Gasteiger partial charge in [0.05, 0.1) is 11.5 Å². The van der Waals surface area contributed by atoms with E-state index < -0.39 is 23.8 Å². The molecule has 1 aromatic rings.